The van der Waals surface area contributed by atoms with E-state index >= 15 is 0 Å². The summed E-state index contributed by atoms with van der Waals surface area (Å²) in [5.41, 5.74) is 10.9. The Balaban J connectivity index is 1.73. The molecule has 112 valence electrons. The van der Waals surface area contributed by atoms with Crippen molar-refractivity contribution in [1.82, 2.24) is 9.78 Å². The van der Waals surface area contributed by atoms with Crippen molar-refractivity contribution in [3.8, 4) is 0 Å². The first-order valence-electron chi connectivity index (χ1n) is 7.41. The quantitative estimate of drug-likeness (QED) is 0.916. The molecule has 2 N–H and O–H groups in total. The maximum atomic E-state index is 6.02. The molecular weight excluding hydrogens is 262 g/mol. The molecule has 1 aliphatic heterocycles. The van der Waals surface area contributed by atoms with Gasteiger partial charge in [-0.2, -0.15) is 5.10 Å². The standard InChI is InChI=1S/C16H23N5/c1-12-5-4-6-15(13(12)2)20-7-9-21(10-8-20)16-14(17)11-19(3)18-16/h4-6,11H,7-10,17H2,1-3H3. The van der Waals surface area contributed by atoms with Crippen LogP contribution in [-0.2, 0) is 7.05 Å². The predicted octanol–water partition coefficient (Wildman–Crippen LogP) is 1.95. The fraction of sp³-hybridized carbons (Fsp3) is 0.438. The van der Waals surface area contributed by atoms with Gasteiger partial charge in [0.05, 0.1) is 5.69 Å². The fourth-order valence-corrected chi connectivity index (χ4v) is 2.98. The largest absolute Gasteiger partial charge is 0.394 e. The SMILES string of the molecule is Cc1cccc(N2CCN(c3nn(C)cc3N)CC2)c1C. The number of anilines is 3. The molecular formula is C16H23N5. The van der Waals surface area contributed by atoms with Gasteiger partial charge in [-0.3, -0.25) is 4.68 Å². The highest BCUT2D eigenvalue weighted by atomic mass is 15.4. The molecule has 1 fully saturated rings. The first-order chi connectivity index (χ1) is 10.1. The smallest absolute Gasteiger partial charge is 0.173 e. The number of aromatic nitrogens is 2. The average molecular weight is 285 g/mol. The Labute approximate surface area is 126 Å². The van der Waals surface area contributed by atoms with Crippen molar-refractivity contribution in [3.63, 3.8) is 0 Å². The van der Waals surface area contributed by atoms with E-state index in [2.05, 4.69) is 46.9 Å². The molecule has 2 aromatic rings. The third kappa shape index (κ3) is 2.55. The number of hydrogen-bond donors (Lipinski definition) is 1. The second-order valence-corrected chi connectivity index (χ2v) is 5.77. The van der Waals surface area contributed by atoms with Gasteiger partial charge in [0.2, 0.25) is 0 Å². The molecule has 5 heteroatoms. The van der Waals surface area contributed by atoms with Gasteiger partial charge >= 0.3 is 0 Å². The molecule has 3 rings (SSSR count). The zero-order chi connectivity index (χ0) is 15.0. The van der Waals surface area contributed by atoms with Crippen LogP contribution in [0.2, 0.25) is 0 Å². The second-order valence-electron chi connectivity index (χ2n) is 5.77. The number of nitrogens with zero attached hydrogens (tertiary/aromatic N) is 4. The molecule has 1 aliphatic rings. The van der Waals surface area contributed by atoms with Gasteiger partial charge in [-0.15, -0.1) is 0 Å². The van der Waals surface area contributed by atoms with Crippen molar-refractivity contribution in [2.75, 3.05) is 41.7 Å². The first kappa shape index (κ1) is 13.8. The molecule has 0 unspecified atom stereocenters. The van der Waals surface area contributed by atoms with Crippen molar-refractivity contribution < 1.29 is 0 Å². The van der Waals surface area contributed by atoms with Crippen LogP contribution in [-0.4, -0.2) is 36.0 Å². The molecule has 1 aromatic carbocycles. The molecule has 0 aliphatic carbocycles. The zero-order valence-corrected chi connectivity index (χ0v) is 13.0. The van der Waals surface area contributed by atoms with Gasteiger partial charge in [0.25, 0.3) is 0 Å². The van der Waals surface area contributed by atoms with E-state index in [1.54, 1.807) is 4.68 Å². The molecule has 1 aromatic heterocycles. The van der Waals surface area contributed by atoms with Crippen LogP contribution in [0.1, 0.15) is 11.1 Å². The van der Waals surface area contributed by atoms with Crippen LogP contribution in [0.3, 0.4) is 0 Å². The van der Waals surface area contributed by atoms with Gasteiger partial charge in [-0.25, -0.2) is 0 Å². The number of rotatable bonds is 2. The summed E-state index contributed by atoms with van der Waals surface area (Å²) < 4.78 is 1.78. The van der Waals surface area contributed by atoms with Crippen LogP contribution in [0.15, 0.2) is 24.4 Å². The number of hydrogen-bond acceptors (Lipinski definition) is 4. The maximum absolute atomic E-state index is 6.02. The Hall–Kier alpha value is -2.17. The highest BCUT2D eigenvalue weighted by Gasteiger charge is 2.21. The van der Waals surface area contributed by atoms with E-state index in [0.29, 0.717) is 0 Å². The Kier molecular flexibility index (Phi) is 3.49. The van der Waals surface area contributed by atoms with Crippen molar-refractivity contribution in [3.05, 3.63) is 35.5 Å². The second kappa shape index (κ2) is 5.31. The van der Waals surface area contributed by atoms with E-state index in [1.807, 2.05) is 13.2 Å². The molecule has 0 atom stereocenters. The Morgan fingerprint density at radius 2 is 1.71 bits per heavy atom. The predicted molar refractivity (Wildman–Crippen MR) is 88.0 cm³/mol. The van der Waals surface area contributed by atoms with Gasteiger partial charge in [-0.05, 0) is 31.0 Å². The summed E-state index contributed by atoms with van der Waals surface area (Å²) in [6.07, 6.45) is 1.87. The van der Waals surface area contributed by atoms with Crippen molar-refractivity contribution in [2.45, 2.75) is 13.8 Å². The number of benzene rings is 1. The lowest BCUT2D eigenvalue weighted by Crippen LogP contribution is -2.47. The summed E-state index contributed by atoms with van der Waals surface area (Å²) in [7, 11) is 1.91. The van der Waals surface area contributed by atoms with Crippen LogP contribution in [0.4, 0.5) is 17.2 Å². The molecule has 1 saturated heterocycles. The normalized spacial score (nSPS) is 15.6. The van der Waals surface area contributed by atoms with E-state index < -0.39 is 0 Å². The molecule has 0 bridgehead atoms. The number of piperazine rings is 1. The third-order valence-corrected chi connectivity index (χ3v) is 4.33. The summed E-state index contributed by atoms with van der Waals surface area (Å²) in [6.45, 7) is 8.28. The molecule has 0 spiro atoms. The average Bonchev–Trinajstić information content (AvgIpc) is 2.81. The van der Waals surface area contributed by atoms with Crippen molar-refractivity contribution in [1.29, 1.82) is 0 Å². The lowest BCUT2D eigenvalue weighted by Gasteiger charge is -2.37. The minimum Gasteiger partial charge on any atom is -0.394 e. The molecule has 0 amide bonds. The third-order valence-electron chi connectivity index (χ3n) is 4.33. The van der Waals surface area contributed by atoms with E-state index in [9.17, 15) is 0 Å². The Bertz CT molecular complexity index is 638. The highest BCUT2D eigenvalue weighted by Crippen LogP contribution is 2.26. The van der Waals surface area contributed by atoms with Gasteiger partial charge in [0.15, 0.2) is 5.82 Å². The Morgan fingerprint density at radius 1 is 1.05 bits per heavy atom. The molecule has 0 saturated carbocycles. The Morgan fingerprint density at radius 3 is 2.33 bits per heavy atom. The van der Waals surface area contributed by atoms with E-state index in [1.165, 1.54) is 16.8 Å². The van der Waals surface area contributed by atoms with E-state index in [4.69, 9.17) is 5.73 Å². The number of aryl methyl sites for hydroxylation is 2. The number of nitrogens with two attached hydrogens (primary N) is 1. The first-order valence-corrected chi connectivity index (χ1v) is 7.41. The molecule has 21 heavy (non-hydrogen) atoms. The zero-order valence-electron chi connectivity index (χ0n) is 13.0. The summed E-state index contributed by atoms with van der Waals surface area (Å²) in [4.78, 5) is 4.73. The lowest BCUT2D eigenvalue weighted by molar-refractivity contribution is 0.638. The summed E-state index contributed by atoms with van der Waals surface area (Å²) >= 11 is 0. The van der Waals surface area contributed by atoms with Crippen molar-refractivity contribution >= 4 is 17.2 Å². The fourth-order valence-electron chi connectivity index (χ4n) is 2.98. The lowest BCUT2D eigenvalue weighted by atomic mass is 10.1. The minimum absolute atomic E-state index is 0.762. The minimum atomic E-state index is 0.762. The van der Waals surface area contributed by atoms with E-state index in [0.717, 1.165) is 37.7 Å². The summed E-state index contributed by atoms with van der Waals surface area (Å²) in [5, 5.41) is 4.46. The van der Waals surface area contributed by atoms with Crippen LogP contribution in [0.5, 0.6) is 0 Å². The highest BCUT2D eigenvalue weighted by molar-refractivity contribution is 5.63. The van der Waals surface area contributed by atoms with Gasteiger partial charge in [0.1, 0.15) is 0 Å². The van der Waals surface area contributed by atoms with E-state index in [-0.39, 0.29) is 0 Å². The van der Waals surface area contributed by atoms with Crippen LogP contribution >= 0.6 is 0 Å². The molecule has 5 nitrogen and oxygen atoms in total. The number of nitrogen functional groups attached to an aromatic ring is 1. The maximum Gasteiger partial charge on any atom is 0.173 e. The summed E-state index contributed by atoms with van der Waals surface area (Å²) in [5.74, 6) is 0.915. The van der Waals surface area contributed by atoms with Crippen LogP contribution in [0.25, 0.3) is 0 Å². The molecule has 2 heterocycles. The van der Waals surface area contributed by atoms with Crippen LogP contribution in [0, 0.1) is 13.8 Å². The summed E-state index contributed by atoms with van der Waals surface area (Å²) in [6, 6.07) is 6.53. The van der Waals surface area contributed by atoms with Gasteiger partial charge in [-0.1, -0.05) is 12.1 Å². The molecule has 0 radical (unpaired) electrons. The van der Waals surface area contributed by atoms with Gasteiger partial charge in [0, 0.05) is 45.1 Å². The van der Waals surface area contributed by atoms with Crippen LogP contribution < -0.4 is 15.5 Å². The monoisotopic (exact) mass is 285 g/mol. The topological polar surface area (TPSA) is 50.3 Å². The van der Waals surface area contributed by atoms with Gasteiger partial charge < -0.3 is 15.5 Å². The van der Waals surface area contributed by atoms with Crippen molar-refractivity contribution in [2.24, 2.45) is 7.05 Å².